The molecule has 1 unspecified atom stereocenters. The number of nitrogens with zero attached hydrogens (tertiary/aromatic N) is 2. The third kappa shape index (κ3) is 3.85. The van der Waals surface area contributed by atoms with Gasteiger partial charge in [0, 0.05) is 30.2 Å². The second-order valence-corrected chi connectivity index (χ2v) is 4.51. The van der Waals surface area contributed by atoms with Crippen LogP contribution in [0.2, 0.25) is 0 Å². The number of nitro groups is 1. The maximum atomic E-state index is 10.5. The van der Waals surface area contributed by atoms with Crippen LogP contribution in [0.5, 0.6) is 0 Å². The van der Waals surface area contributed by atoms with Gasteiger partial charge in [0.25, 0.3) is 5.69 Å². The van der Waals surface area contributed by atoms with E-state index in [2.05, 4.69) is 4.98 Å². The first-order chi connectivity index (χ1) is 7.13. The topological polar surface area (TPSA) is 76.3 Å². The van der Waals surface area contributed by atoms with Crippen LogP contribution in [0.4, 0.5) is 5.69 Å². The summed E-state index contributed by atoms with van der Waals surface area (Å²) in [6, 6.07) is 2.80. The van der Waals surface area contributed by atoms with Crippen molar-refractivity contribution in [3.8, 4) is 0 Å². The van der Waals surface area contributed by atoms with Gasteiger partial charge in [0.05, 0.1) is 4.92 Å². The molecule has 82 valence electrons. The van der Waals surface area contributed by atoms with Crippen LogP contribution < -0.4 is 0 Å². The summed E-state index contributed by atoms with van der Waals surface area (Å²) in [6.45, 7) is 2.06. The summed E-state index contributed by atoms with van der Waals surface area (Å²) < 4.78 is 0. The molecule has 0 aliphatic heterocycles. The highest BCUT2D eigenvalue weighted by molar-refractivity contribution is 7.99. The number of hydrogen-bond acceptors (Lipinski definition) is 5. The minimum atomic E-state index is -0.442. The molecule has 5 nitrogen and oxygen atoms in total. The molecule has 1 heterocycles. The van der Waals surface area contributed by atoms with Crippen LogP contribution in [0.15, 0.2) is 23.4 Å². The fraction of sp³-hybridized carbons (Fsp3) is 0.444. The van der Waals surface area contributed by atoms with Gasteiger partial charge in [-0.25, -0.2) is 4.98 Å². The van der Waals surface area contributed by atoms with Gasteiger partial charge in [0.1, 0.15) is 5.03 Å². The Balaban J connectivity index is 2.69. The van der Waals surface area contributed by atoms with Crippen molar-refractivity contribution in [2.24, 2.45) is 0 Å². The predicted octanol–water partition coefficient (Wildman–Crippen LogP) is 1.85. The molecule has 1 rings (SSSR count). The van der Waals surface area contributed by atoms with E-state index in [0.717, 1.165) is 0 Å². The maximum Gasteiger partial charge on any atom is 0.273 e. The zero-order valence-corrected chi connectivity index (χ0v) is 9.11. The highest BCUT2D eigenvalue weighted by Gasteiger charge is 2.09. The van der Waals surface area contributed by atoms with Crippen molar-refractivity contribution in [3.05, 3.63) is 28.4 Å². The van der Waals surface area contributed by atoms with Crippen molar-refractivity contribution in [1.29, 1.82) is 0 Å². The molecule has 1 aromatic rings. The van der Waals surface area contributed by atoms with Crippen LogP contribution in [0.25, 0.3) is 0 Å². The Hall–Kier alpha value is -1.14. The van der Waals surface area contributed by atoms with Crippen molar-refractivity contribution < 1.29 is 10.0 Å². The smallest absolute Gasteiger partial charge is 0.273 e. The number of thioether (sulfide) groups is 1. The summed E-state index contributed by atoms with van der Waals surface area (Å²) in [6.07, 6.45) is 2.07. The zero-order valence-electron chi connectivity index (χ0n) is 8.29. The largest absolute Gasteiger partial charge is 0.396 e. The van der Waals surface area contributed by atoms with E-state index in [4.69, 9.17) is 5.11 Å². The third-order valence-electron chi connectivity index (χ3n) is 1.79. The molecule has 6 heteroatoms. The highest BCUT2D eigenvalue weighted by atomic mass is 32.2. The molecule has 0 amide bonds. The van der Waals surface area contributed by atoms with E-state index in [1.807, 2.05) is 6.92 Å². The van der Waals surface area contributed by atoms with Gasteiger partial charge >= 0.3 is 0 Å². The summed E-state index contributed by atoms with van der Waals surface area (Å²) in [5.74, 6) is 0. The van der Waals surface area contributed by atoms with Crippen molar-refractivity contribution in [2.75, 3.05) is 6.61 Å². The lowest BCUT2D eigenvalue weighted by molar-refractivity contribution is -0.385. The molecule has 1 N–H and O–H groups in total. The minimum absolute atomic E-state index is 0.0451. The van der Waals surface area contributed by atoms with E-state index in [0.29, 0.717) is 11.4 Å². The molecular weight excluding hydrogens is 216 g/mol. The van der Waals surface area contributed by atoms with Crippen LogP contribution in [0.3, 0.4) is 0 Å². The Labute approximate surface area is 91.7 Å². The number of rotatable bonds is 5. The standard InChI is InChI=1S/C9H12N2O3S/c1-7(3-5-12)15-9-6-8(11(13)14)2-4-10-9/h2,4,6-7,12H,3,5H2,1H3. The average molecular weight is 228 g/mol. The van der Waals surface area contributed by atoms with Crippen molar-refractivity contribution in [2.45, 2.75) is 23.6 Å². The lowest BCUT2D eigenvalue weighted by atomic mass is 10.3. The first-order valence-electron chi connectivity index (χ1n) is 4.51. The Bertz CT molecular complexity index is 346. The first kappa shape index (κ1) is 11.9. The van der Waals surface area contributed by atoms with Crippen molar-refractivity contribution in [3.63, 3.8) is 0 Å². The van der Waals surface area contributed by atoms with E-state index in [9.17, 15) is 10.1 Å². The number of aliphatic hydroxyl groups is 1. The second-order valence-electron chi connectivity index (χ2n) is 3.05. The molecule has 15 heavy (non-hydrogen) atoms. The fourth-order valence-electron chi connectivity index (χ4n) is 1.02. The molecule has 0 fully saturated rings. The third-order valence-corrected chi connectivity index (χ3v) is 2.89. The summed E-state index contributed by atoms with van der Waals surface area (Å²) in [5, 5.41) is 20.0. The molecule has 0 aliphatic carbocycles. The number of aliphatic hydroxyl groups excluding tert-OH is 1. The predicted molar refractivity (Wildman–Crippen MR) is 57.9 cm³/mol. The van der Waals surface area contributed by atoms with Crippen LogP contribution in [0.1, 0.15) is 13.3 Å². The molecule has 1 atom stereocenters. The second kappa shape index (κ2) is 5.67. The number of hydrogen-bond donors (Lipinski definition) is 1. The fourth-order valence-corrected chi connectivity index (χ4v) is 1.97. The molecular formula is C9H12N2O3S. The lowest BCUT2D eigenvalue weighted by Crippen LogP contribution is -2.00. The van der Waals surface area contributed by atoms with Crippen molar-refractivity contribution >= 4 is 17.4 Å². The molecule has 0 saturated carbocycles. The van der Waals surface area contributed by atoms with Gasteiger partial charge in [-0.15, -0.1) is 11.8 Å². The lowest BCUT2D eigenvalue weighted by Gasteiger charge is -2.07. The Morgan fingerprint density at radius 1 is 1.73 bits per heavy atom. The van der Waals surface area contributed by atoms with Gasteiger partial charge in [-0.2, -0.15) is 0 Å². The quantitative estimate of drug-likeness (QED) is 0.473. The van der Waals surface area contributed by atoms with E-state index in [1.165, 1.54) is 30.1 Å². The zero-order chi connectivity index (χ0) is 11.3. The number of aromatic nitrogens is 1. The Morgan fingerprint density at radius 2 is 2.47 bits per heavy atom. The number of pyridine rings is 1. The van der Waals surface area contributed by atoms with Crippen LogP contribution >= 0.6 is 11.8 Å². The highest BCUT2D eigenvalue weighted by Crippen LogP contribution is 2.25. The van der Waals surface area contributed by atoms with Crippen LogP contribution in [-0.2, 0) is 0 Å². The van der Waals surface area contributed by atoms with Gasteiger partial charge in [-0.05, 0) is 6.42 Å². The van der Waals surface area contributed by atoms with Gasteiger partial charge in [0.15, 0.2) is 0 Å². The average Bonchev–Trinajstić information content (AvgIpc) is 2.18. The molecule has 0 saturated heterocycles. The van der Waals surface area contributed by atoms with E-state index < -0.39 is 4.92 Å². The molecule has 0 aromatic carbocycles. The monoisotopic (exact) mass is 228 g/mol. The van der Waals surface area contributed by atoms with E-state index >= 15 is 0 Å². The minimum Gasteiger partial charge on any atom is -0.396 e. The molecule has 0 bridgehead atoms. The molecule has 0 aliphatic rings. The summed E-state index contributed by atoms with van der Waals surface area (Å²) in [7, 11) is 0. The van der Waals surface area contributed by atoms with Gasteiger partial charge in [-0.1, -0.05) is 6.92 Å². The van der Waals surface area contributed by atoms with Crippen LogP contribution in [-0.4, -0.2) is 26.9 Å². The summed E-state index contributed by atoms with van der Waals surface area (Å²) >= 11 is 1.42. The molecule has 0 spiro atoms. The Kier molecular flexibility index (Phi) is 4.51. The van der Waals surface area contributed by atoms with Gasteiger partial charge < -0.3 is 5.11 Å². The van der Waals surface area contributed by atoms with Crippen LogP contribution in [0, 0.1) is 10.1 Å². The van der Waals surface area contributed by atoms with Crippen molar-refractivity contribution in [1.82, 2.24) is 4.98 Å². The van der Waals surface area contributed by atoms with E-state index in [-0.39, 0.29) is 17.5 Å². The Morgan fingerprint density at radius 3 is 3.07 bits per heavy atom. The summed E-state index contributed by atoms with van der Waals surface area (Å²) in [5.41, 5.74) is 0.0451. The SMILES string of the molecule is CC(CCO)Sc1cc([N+](=O)[O-])ccn1. The molecule has 0 radical (unpaired) electrons. The first-order valence-corrected chi connectivity index (χ1v) is 5.39. The summed E-state index contributed by atoms with van der Waals surface area (Å²) in [4.78, 5) is 14.1. The van der Waals surface area contributed by atoms with Gasteiger partial charge in [-0.3, -0.25) is 10.1 Å². The molecule has 1 aromatic heterocycles. The normalized spacial score (nSPS) is 12.4. The van der Waals surface area contributed by atoms with E-state index in [1.54, 1.807) is 0 Å². The maximum absolute atomic E-state index is 10.5. The van der Waals surface area contributed by atoms with Gasteiger partial charge in [0.2, 0.25) is 0 Å².